The van der Waals surface area contributed by atoms with Crippen molar-refractivity contribution < 1.29 is 20.4 Å². The van der Waals surface area contributed by atoms with E-state index in [9.17, 15) is 0 Å². The molecule has 1 unspecified atom stereocenters. The highest BCUT2D eigenvalue weighted by molar-refractivity contribution is 7.79. The van der Waals surface area contributed by atoms with Gasteiger partial charge in [-0.1, -0.05) is 12.2 Å². The van der Waals surface area contributed by atoms with E-state index in [1.165, 1.54) is 6.92 Å². The summed E-state index contributed by atoms with van der Waals surface area (Å²) in [5.41, 5.74) is 0. The molecule has 4 N–H and O–H groups in total. The number of aliphatic hydroxyl groups excluding tert-OH is 4. The lowest BCUT2D eigenvalue weighted by Gasteiger charge is -2.21. The highest BCUT2D eigenvalue weighted by Crippen LogP contribution is 2.02. The number of hydrogen-bond donors (Lipinski definition) is 4. The van der Waals surface area contributed by atoms with Crippen LogP contribution in [0.25, 0.3) is 0 Å². The van der Waals surface area contributed by atoms with E-state index in [0.29, 0.717) is 0 Å². The average molecular weight is 180 g/mol. The molecule has 0 radical (unpaired) electrons. The van der Waals surface area contributed by atoms with Crippen molar-refractivity contribution in [1.29, 1.82) is 0 Å². The fraction of sp³-hybridized carbons (Fsp3) is 0.833. The summed E-state index contributed by atoms with van der Waals surface area (Å²) in [7, 11) is 0. The molecule has 0 aromatic carbocycles. The minimum Gasteiger partial charge on any atom is -0.391 e. The molecule has 0 saturated heterocycles. The predicted molar refractivity (Wildman–Crippen MR) is 43.4 cm³/mol. The fourth-order valence-electron chi connectivity index (χ4n) is 0.568. The first-order chi connectivity index (χ1) is 5.00. The minimum atomic E-state index is -1.42. The molecular formula is C6H12O4S. The van der Waals surface area contributed by atoms with Crippen molar-refractivity contribution in [3.05, 3.63) is 0 Å². The third-order valence-electron chi connectivity index (χ3n) is 1.33. The summed E-state index contributed by atoms with van der Waals surface area (Å²) in [6, 6.07) is 0. The van der Waals surface area contributed by atoms with E-state index < -0.39 is 24.4 Å². The topological polar surface area (TPSA) is 80.9 Å². The van der Waals surface area contributed by atoms with Gasteiger partial charge in [-0.15, -0.1) is 0 Å². The highest BCUT2D eigenvalue weighted by atomic mass is 32.1. The Kier molecular flexibility index (Phi) is 4.71. The van der Waals surface area contributed by atoms with Crippen LogP contribution in [0.1, 0.15) is 6.92 Å². The molecule has 5 heteroatoms. The van der Waals surface area contributed by atoms with Crippen molar-refractivity contribution in [2.24, 2.45) is 0 Å². The van der Waals surface area contributed by atoms with E-state index in [4.69, 9.17) is 20.4 Å². The Labute approximate surface area is 70.1 Å². The van der Waals surface area contributed by atoms with E-state index in [0.717, 1.165) is 5.37 Å². The molecule has 0 bridgehead atoms. The van der Waals surface area contributed by atoms with Gasteiger partial charge in [0.05, 0.1) is 6.10 Å². The molecule has 0 amide bonds. The van der Waals surface area contributed by atoms with Gasteiger partial charge < -0.3 is 20.4 Å². The standard InChI is InChI=1S/C6H12O4S/c1-3(7)5(9)6(10)4(8)2-11/h2-10H,1H3/t3?,4-,5+,6-/m0/s1. The normalized spacial score (nSPS) is 21.9. The summed E-state index contributed by atoms with van der Waals surface area (Å²) in [4.78, 5) is 0. The third kappa shape index (κ3) is 3.22. The summed E-state index contributed by atoms with van der Waals surface area (Å²) in [5.74, 6) is 0. The molecule has 0 aromatic rings. The molecule has 0 spiro atoms. The Balaban J connectivity index is 4.00. The number of aliphatic hydroxyl groups is 4. The van der Waals surface area contributed by atoms with Gasteiger partial charge in [0, 0.05) is 5.37 Å². The van der Waals surface area contributed by atoms with Crippen LogP contribution in [0.15, 0.2) is 0 Å². The first-order valence-corrected chi connectivity index (χ1v) is 3.65. The van der Waals surface area contributed by atoms with E-state index >= 15 is 0 Å². The van der Waals surface area contributed by atoms with Gasteiger partial charge in [-0.3, -0.25) is 0 Å². The summed E-state index contributed by atoms with van der Waals surface area (Å²) in [6.45, 7) is 1.31. The molecular weight excluding hydrogens is 168 g/mol. The molecule has 0 aromatic heterocycles. The molecule has 4 nitrogen and oxygen atoms in total. The second-order valence-electron chi connectivity index (χ2n) is 2.35. The number of hydrogen-bond acceptors (Lipinski definition) is 5. The van der Waals surface area contributed by atoms with Gasteiger partial charge >= 0.3 is 0 Å². The first-order valence-electron chi connectivity index (χ1n) is 3.18. The zero-order chi connectivity index (χ0) is 9.02. The lowest BCUT2D eigenvalue weighted by Crippen LogP contribution is -2.43. The van der Waals surface area contributed by atoms with E-state index in [2.05, 4.69) is 12.2 Å². The Bertz CT molecular complexity index is 128. The molecule has 66 valence electrons. The van der Waals surface area contributed by atoms with Crippen molar-refractivity contribution in [3.8, 4) is 0 Å². The zero-order valence-electron chi connectivity index (χ0n) is 6.08. The van der Waals surface area contributed by atoms with Crippen molar-refractivity contribution in [1.82, 2.24) is 0 Å². The summed E-state index contributed by atoms with van der Waals surface area (Å²) >= 11 is 4.33. The molecule has 4 atom stereocenters. The monoisotopic (exact) mass is 180 g/mol. The van der Waals surface area contributed by atoms with Gasteiger partial charge in [-0.25, -0.2) is 0 Å². The quantitative estimate of drug-likeness (QED) is 0.394. The van der Waals surface area contributed by atoms with Gasteiger partial charge in [0.1, 0.15) is 18.3 Å². The summed E-state index contributed by atoms with van der Waals surface area (Å²) in [5, 5.41) is 36.5. The second-order valence-corrected chi connectivity index (χ2v) is 2.62. The SMILES string of the molecule is CC(O)[C@@H](O)[C@@H](O)[C@@H](O)C=S. The minimum absolute atomic E-state index is 0.927. The molecule has 0 rings (SSSR count). The summed E-state index contributed by atoms with van der Waals surface area (Å²) in [6.07, 6.45) is -5.17. The average Bonchev–Trinajstić information content (AvgIpc) is 2.00. The fourth-order valence-corrected chi connectivity index (χ4v) is 0.729. The third-order valence-corrected chi connectivity index (χ3v) is 1.61. The maximum Gasteiger partial charge on any atom is 0.113 e. The molecule has 0 aliphatic heterocycles. The van der Waals surface area contributed by atoms with Crippen molar-refractivity contribution >= 4 is 17.6 Å². The van der Waals surface area contributed by atoms with Crippen molar-refractivity contribution in [3.63, 3.8) is 0 Å². The van der Waals surface area contributed by atoms with E-state index in [-0.39, 0.29) is 0 Å². The van der Waals surface area contributed by atoms with Crippen LogP contribution < -0.4 is 0 Å². The summed E-state index contributed by atoms with van der Waals surface area (Å²) < 4.78 is 0. The second kappa shape index (κ2) is 4.74. The van der Waals surface area contributed by atoms with E-state index in [1.54, 1.807) is 0 Å². The number of rotatable bonds is 4. The lowest BCUT2D eigenvalue weighted by atomic mass is 10.1. The Morgan fingerprint density at radius 3 is 1.82 bits per heavy atom. The Morgan fingerprint density at radius 1 is 1.09 bits per heavy atom. The maximum absolute atomic E-state index is 9.00. The largest absolute Gasteiger partial charge is 0.391 e. The van der Waals surface area contributed by atoms with Crippen LogP contribution in [0.2, 0.25) is 0 Å². The van der Waals surface area contributed by atoms with Gasteiger partial charge in [0.2, 0.25) is 0 Å². The lowest BCUT2D eigenvalue weighted by molar-refractivity contribution is -0.0816. The van der Waals surface area contributed by atoms with Crippen LogP contribution in [0.4, 0.5) is 0 Å². The molecule has 0 heterocycles. The van der Waals surface area contributed by atoms with Gasteiger partial charge in [-0.05, 0) is 6.92 Å². The van der Waals surface area contributed by atoms with Gasteiger partial charge in [0.25, 0.3) is 0 Å². The smallest absolute Gasteiger partial charge is 0.113 e. The van der Waals surface area contributed by atoms with Gasteiger partial charge in [0.15, 0.2) is 0 Å². The van der Waals surface area contributed by atoms with E-state index in [1.807, 2.05) is 0 Å². The van der Waals surface area contributed by atoms with Crippen LogP contribution >= 0.6 is 12.2 Å². The Hall–Kier alpha value is -0.0700. The number of thiocarbonyl (C=S) groups is 1. The first kappa shape index (κ1) is 10.9. The molecule has 0 aliphatic rings. The molecule has 0 fully saturated rings. The van der Waals surface area contributed by atoms with Gasteiger partial charge in [-0.2, -0.15) is 0 Å². The van der Waals surface area contributed by atoms with Crippen LogP contribution in [0, 0.1) is 0 Å². The molecule has 0 saturated carbocycles. The maximum atomic E-state index is 9.00. The molecule has 0 aliphatic carbocycles. The molecule has 11 heavy (non-hydrogen) atoms. The van der Waals surface area contributed by atoms with Crippen LogP contribution in [-0.4, -0.2) is 50.2 Å². The zero-order valence-corrected chi connectivity index (χ0v) is 6.90. The van der Waals surface area contributed by atoms with Crippen LogP contribution in [0.3, 0.4) is 0 Å². The van der Waals surface area contributed by atoms with Crippen molar-refractivity contribution in [2.75, 3.05) is 0 Å². The predicted octanol–water partition coefficient (Wildman–Crippen LogP) is -1.55. The Morgan fingerprint density at radius 2 is 1.55 bits per heavy atom. The van der Waals surface area contributed by atoms with Crippen molar-refractivity contribution in [2.45, 2.75) is 31.3 Å². The highest BCUT2D eigenvalue weighted by Gasteiger charge is 2.26. The van der Waals surface area contributed by atoms with Crippen LogP contribution in [0.5, 0.6) is 0 Å². The van der Waals surface area contributed by atoms with Crippen LogP contribution in [-0.2, 0) is 0 Å².